The van der Waals surface area contributed by atoms with Crippen molar-refractivity contribution < 1.29 is 110 Å². The largest absolute Gasteiger partial charge is 2.00 e. The molecule has 8 aromatic carbocycles. The van der Waals surface area contributed by atoms with Crippen LogP contribution < -0.4 is 58.3 Å². The van der Waals surface area contributed by atoms with Crippen molar-refractivity contribution in [1.82, 2.24) is 39.7 Å². The van der Waals surface area contributed by atoms with E-state index in [9.17, 15) is 19.8 Å². The molecule has 634 valence electrons. The molecule has 125 heavy (non-hydrogen) atoms. The van der Waals surface area contributed by atoms with Crippen molar-refractivity contribution in [3.63, 3.8) is 0 Å². The number of nitriles is 3. The van der Waals surface area contributed by atoms with E-state index in [-0.39, 0.29) is 45.1 Å². The molecule has 0 saturated heterocycles. The summed E-state index contributed by atoms with van der Waals surface area (Å²) in [4.78, 5) is 57.5. The third-order valence-electron chi connectivity index (χ3n) is 16.9. The molecule has 0 fully saturated rings. The second-order valence-corrected chi connectivity index (χ2v) is 27.3. The van der Waals surface area contributed by atoms with Crippen LogP contribution in [0.25, 0.3) is 89.6 Å². The molecule has 0 bridgehead atoms. The molecule has 0 aliphatic rings. The van der Waals surface area contributed by atoms with Gasteiger partial charge in [-0.3, -0.25) is 49.3 Å². The quantitative estimate of drug-likeness (QED) is 0.0770. The summed E-state index contributed by atoms with van der Waals surface area (Å²) < 4.78 is 79.0. The average molecular weight is 1800 g/mol. The second kappa shape index (κ2) is 53.3. The first-order valence-corrected chi connectivity index (χ1v) is 40.0. The van der Waals surface area contributed by atoms with Gasteiger partial charge in [0.1, 0.15) is 22.7 Å². The van der Waals surface area contributed by atoms with Crippen LogP contribution in [0.3, 0.4) is 0 Å². The summed E-state index contributed by atoms with van der Waals surface area (Å²) in [7, 11) is -9.89. The van der Waals surface area contributed by atoms with E-state index < -0.39 is 42.8 Å². The number of rotatable bonds is 18. The zero-order valence-corrected chi connectivity index (χ0v) is 70.9. The molecule has 25 nitrogen and oxygen atoms in total. The molecule has 29 heteroatoms. The Kier molecular flexibility index (Phi) is 42.7. The molecule has 0 atom stereocenters. The standard InChI is InChI=1S/2C30H26N4.2C15H10O3.3C2H3N.2ClHO4.2Co/c2*1-3-11-24(12-4-1)29-18-9-16-27(32-29)22-34(21-26-15-7-8-20-31-26)23-28-17-10-19-30(33-28)25-13-5-2-6-14-25;2*16-13-11-8-4-5-9-12(11)18-15(14(13)17)10-6-2-1-3-7-10;3*1-2-3;2*2-1(3,4)5;;/h2*1-20H,21-23H2;2*1-9,17H;3*1H3;2*(H,2,3,4,5);;/q;;;;;;;;;2*+2/p-4. The van der Waals surface area contributed by atoms with Crippen molar-refractivity contribution in [3.05, 3.63) is 407 Å². The number of nitrogens with zero attached hydrogens (tertiary/aromatic N) is 11. The van der Waals surface area contributed by atoms with Crippen LogP contribution in [-0.4, -0.2) is 39.7 Å². The number of fused-ring (bicyclic) bond motifs is 2. The van der Waals surface area contributed by atoms with Crippen molar-refractivity contribution in [2.75, 3.05) is 0 Å². The number of halogens is 2. The number of hydrogen-bond acceptors (Lipinski definition) is 25. The van der Waals surface area contributed by atoms with Crippen molar-refractivity contribution in [3.8, 4) is 97.4 Å². The Hall–Kier alpha value is -13.7. The number of aromatic nitrogens is 6. The van der Waals surface area contributed by atoms with E-state index in [1.807, 2.05) is 122 Å². The number of pyridine rings is 6. The van der Waals surface area contributed by atoms with Gasteiger partial charge in [0.15, 0.2) is 10.9 Å². The Balaban J connectivity index is 0.000000246. The van der Waals surface area contributed by atoms with Crippen LogP contribution in [0.4, 0.5) is 0 Å². The fourth-order valence-corrected chi connectivity index (χ4v) is 11.9. The van der Waals surface area contributed by atoms with Crippen LogP contribution in [0.1, 0.15) is 54.9 Å². The summed E-state index contributed by atoms with van der Waals surface area (Å²) in [6, 6.07) is 115. The van der Waals surface area contributed by atoms with Gasteiger partial charge in [-0.15, -0.1) is 20.5 Å². The van der Waals surface area contributed by atoms with E-state index in [1.165, 1.54) is 20.8 Å². The van der Waals surface area contributed by atoms with Crippen molar-refractivity contribution in [2.24, 2.45) is 0 Å². The van der Waals surface area contributed by atoms with E-state index in [4.69, 9.17) is 81.8 Å². The van der Waals surface area contributed by atoms with Crippen LogP contribution >= 0.6 is 0 Å². The van der Waals surface area contributed by atoms with Crippen molar-refractivity contribution in [2.45, 2.75) is 60.0 Å². The van der Waals surface area contributed by atoms with Gasteiger partial charge in [0.2, 0.25) is 0 Å². The third-order valence-corrected chi connectivity index (χ3v) is 16.9. The molecule has 0 aliphatic heterocycles. The molecule has 8 heterocycles. The Morgan fingerprint density at radius 1 is 0.288 bits per heavy atom. The van der Waals surface area contributed by atoms with Gasteiger partial charge in [0.05, 0.1) is 85.9 Å². The summed E-state index contributed by atoms with van der Waals surface area (Å²) in [6.45, 7) is 8.54. The number of hydrogen-bond donors (Lipinski definition) is 0. The van der Waals surface area contributed by atoms with Gasteiger partial charge in [-0.2, -0.15) is 15.8 Å². The fraction of sp³-hybridized carbons (Fsp3) is 0.0938. The predicted molar refractivity (Wildman–Crippen MR) is 442 cm³/mol. The van der Waals surface area contributed by atoms with Crippen LogP contribution in [0.15, 0.2) is 371 Å². The van der Waals surface area contributed by atoms with E-state index in [1.54, 1.807) is 115 Å². The first-order valence-electron chi connectivity index (χ1n) is 37.5. The summed E-state index contributed by atoms with van der Waals surface area (Å²) in [5.74, 6) is -1.00. The molecule has 0 aliphatic carbocycles. The number of benzene rings is 8. The van der Waals surface area contributed by atoms with Crippen LogP contribution in [0, 0.1) is 54.5 Å². The molecule has 16 rings (SSSR count). The molecule has 0 unspecified atom stereocenters. The maximum absolute atomic E-state index is 12.0. The normalized spacial score (nSPS) is 10.2. The Morgan fingerprint density at radius 2 is 0.488 bits per heavy atom. The van der Waals surface area contributed by atoms with Gasteiger partial charge < -0.3 is 19.0 Å². The summed E-state index contributed by atoms with van der Waals surface area (Å²) in [5, 5.41) is 46.6. The van der Waals surface area contributed by atoms with E-state index in [0.29, 0.717) is 59.2 Å². The average Bonchev–Trinajstić information content (AvgIpc) is 0.788. The fourth-order valence-electron chi connectivity index (χ4n) is 11.9. The van der Waals surface area contributed by atoms with E-state index in [2.05, 4.69) is 153 Å². The minimum atomic E-state index is -4.94. The van der Waals surface area contributed by atoms with Crippen LogP contribution in [0.5, 0.6) is 11.5 Å². The van der Waals surface area contributed by atoms with E-state index in [0.717, 1.165) is 92.3 Å². The molecular weight excluding hydrogens is 1720 g/mol. The Labute approximate surface area is 746 Å². The molecule has 2 radical (unpaired) electrons. The molecular formula is C96H79Cl2Co2N11O14. The maximum Gasteiger partial charge on any atom is 2.00 e. The second-order valence-electron chi connectivity index (χ2n) is 25.8. The minimum absolute atomic E-state index is 0. The summed E-state index contributed by atoms with van der Waals surface area (Å²) in [6.07, 6.45) is 3.69. The third kappa shape index (κ3) is 35.0. The van der Waals surface area contributed by atoms with E-state index >= 15 is 0 Å². The van der Waals surface area contributed by atoms with Gasteiger partial charge in [-0.05, 0) is 109 Å². The maximum atomic E-state index is 12.0. The van der Waals surface area contributed by atoms with Crippen molar-refractivity contribution in [1.29, 1.82) is 15.8 Å². The van der Waals surface area contributed by atoms with Gasteiger partial charge in [0, 0.05) is 106 Å². The molecule has 16 aromatic rings. The molecule has 0 amide bonds. The summed E-state index contributed by atoms with van der Waals surface area (Å²) >= 11 is 0. The monoisotopic (exact) mass is 1800 g/mol. The van der Waals surface area contributed by atoms with Gasteiger partial charge >= 0.3 is 33.6 Å². The minimum Gasteiger partial charge on any atom is -0.867 e. The van der Waals surface area contributed by atoms with Crippen molar-refractivity contribution >= 4 is 21.9 Å². The summed E-state index contributed by atoms with van der Waals surface area (Å²) in [5.41, 5.74) is 15.7. The Bertz CT molecular complexity index is 5580. The zero-order valence-electron chi connectivity index (χ0n) is 67.3. The molecule has 8 aromatic heterocycles. The zero-order chi connectivity index (χ0) is 88.2. The van der Waals surface area contributed by atoms with Gasteiger partial charge in [-0.25, -0.2) is 37.3 Å². The van der Waals surface area contributed by atoms with Gasteiger partial charge in [0.25, 0.3) is 0 Å². The molecule has 0 saturated carbocycles. The molecule has 0 N–H and O–H groups in total. The van der Waals surface area contributed by atoms with Crippen LogP contribution in [0.2, 0.25) is 0 Å². The smallest absolute Gasteiger partial charge is 0.867 e. The predicted octanol–water partition coefficient (Wildman–Crippen LogP) is 9.96. The Morgan fingerprint density at radius 3 is 0.720 bits per heavy atom. The molecule has 0 spiro atoms. The first-order chi connectivity index (χ1) is 59.4. The SMILES string of the molecule is CC#N.CC#N.CC#N.O=c1c([O-])c(-c2ccccc2)oc2ccccc12.O=c1c([O-])c(-c2ccccc2)oc2ccccc12.[Co+2].[Co+2].[O-][Cl+3]([O-])([O-])[O-].[O-][Cl+3]([O-])([O-])[O-].c1ccc(-c2cccc(CN(Cc3ccccn3)Cc3cccc(-c4ccccc4)n3)n2)cc1.c1ccc(-c2cccc(CN(Cc3ccccn3)Cc3cccc(-c4ccccc4)n3)n2)cc1. The first kappa shape index (κ1) is 100. The van der Waals surface area contributed by atoms with Crippen LogP contribution in [-0.2, 0) is 72.8 Å². The topological polar surface area (TPSA) is 446 Å². The van der Waals surface area contributed by atoms with Gasteiger partial charge in [-0.1, -0.05) is 243 Å². The number of para-hydroxylation sites is 2.